The topological polar surface area (TPSA) is 41.8 Å². The van der Waals surface area contributed by atoms with Gasteiger partial charge in [-0.2, -0.15) is 0 Å². The van der Waals surface area contributed by atoms with Gasteiger partial charge in [0.1, 0.15) is 12.0 Å². The third kappa shape index (κ3) is 0.791. The fourth-order valence-corrected chi connectivity index (χ4v) is 0.672. The van der Waals surface area contributed by atoms with Crippen LogP contribution in [0.4, 0.5) is 0 Å². The zero-order chi connectivity index (χ0) is 5.40. The molecule has 2 aliphatic heterocycles. The van der Waals surface area contributed by atoms with E-state index in [1.165, 1.54) is 0 Å². The van der Waals surface area contributed by atoms with Crippen molar-refractivity contribution in [2.45, 2.75) is 0 Å². The van der Waals surface area contributed by atoms with Crippen molar-refractivity contribution in [3.8, 4) is 11.3 Å². The molecule has 0 aromatic carbocycles. The molecule has 2 aliphatic rings. The van der Waals surface area contributed by atoms with Crippen LogP contribution in [-0.4, -0.2) is 10.1 Å². The number of fused-ring (bicyclic) bond motifs is 1. The van der Waals surface area contributed by atoms with E-state index in [9.17, 15) is 0 Å². The highest BCUT2D eigenvalue weighted by molar-refractivity contribution is 5.85. The van der Waals surface area contributed by atoms with E-state index in [0.717, 1.165) is 11.3 Å². The number of aromatic nitrogens is 2. The molecule has 0 fully saturated rings. The largest absolute Gasteiger partial charge is 0.389 e. The molecule has 1 N–H and O–H groups in total. The van der Waals surface area contributed by atoms with E-state index in [4.69, 9.17) is 4.52 Å². The predicted octanol–water partition coefficient (Wildman–Crippen LogP) is 1.53. The number of halogens is 1. The summed E-state index contributed by atoms with van der Waals surface area (Å²) >= 11 is 0. The average molecular weight is 145 g/mol. The summed E-state index contributed by atoms with van der Waals surface area (Å²) in [6, 6.07) is 0. The van der Waals surface area contributed by atoms with Gasteiger partial charge in [0.25, 0.3) is 0 Å². The van der Waals surface area contributed by atoms with Crippen molar-refractivity contribution in [3.05, 3.63) is 18.7 Å². The van der Waals surface area contributed by atoms with Crippen molar-refractivity contribution < 1.29 is 4.52 Å². The molecule has 9 heavy (non-hydrogen) atoms. The van der Waals surface area contributed by atoms with Gasteiger partial charge in [0.05, 0.1) is 11.8 Å². The fraction of sp³-hybridized carbons (Fsp3) is 0. The zero-order valence-corrected chi connectivity index (χ0v) is 5.31. The second kappa shape index (κ2) is 2.11. The number of hydrogen-bond acceptors (Lipinski definition) is 2. The molecule has 0 aromatic heterocycles. The maximum Gasteiger partial charge on any atom is 0.130 e. The number of aromatic amines is 1. The van der Waals surface area contributed by atoms with Gasteiger partial charge in [-0.15, -0.1) is 12.4 Å². The van der Waals surface area contributed by atoms with Gasteiger partial charge in [0.15, 0.2) is 0 Å². The molecule has 0 bridgehead atoms. The second-order valence-electron chi connectivity index (χ2n) is 1.61. The lowest BCUT2D eigenvalue weighted by Crippen LogP contribution is -1.59. The third-order valence-electron chi connectivity index (χ3n) is 1.08. The highest BCUT2D eigenvalue weighted by Gasteiger charge is 2.02. The van der Waals surface area contributed by atoms with Crippen molar-refractivity contribution in [2.24, 2.45) is 0 Å². The van der Waals surface area contributed by atoms with Crippen LogP contribution in [0.1, 0.15) is 0 Å². The monoisotopic (exact) mass is 144 g/mol. The molecule has 2 heterocycles. The normalized spacial score (nSPS) is 9.33. The summed E-state index contributed by atoms with van der Waals surface area (Å²) in [7, 11) is 0. The molecule has 0 spiro atoms. The SMILES string of the molecule is Cl.c1ncc2[nH]occ1-2. The van der Waals surface area contributed by atoms with Crippen LogP contribution in [0.5, 0.6) is 0 Å². The Labute approximate surface area is 57.8 Å². The van der Waals surface area contributed by atoms with Crippen LogP contribution >= 0.6 is 12.4 Å². The van der Waals surface area contributed by atoms with Gasteiger partial charge in [-0.1, -0.05) is 0 Å². The molecule has 0 atom stereocenters. The van der Waals surface area contributed by atoms with E-state index in [1.807, 2.05) is 0 Å². The minimum atomic E-state index is 0. The maximum atomic E-state index is 4.74. The molecule has 0 saturated heterocycles. The molecule has 4 heteroatoms. The van der Waals surface area contributed by atoms with E-state index in [0.29, 0.717) is 0 Å². The molecule has 0 aromatic rings. The quantitative estimate of drug-likeness (QED) is 0.609. The van der Waals surface area contributed by atoms with Crippen LogP contribution in [-0.2, 0) is 0 Å². The van der Waals surface area contributed by atoms with Crippen LogP contribution in [0.3, 0.4) is 0 Å². The Bertz CT molecular complexity index is 206. The molecule has 0 amide bonds. The standard InChI is InChI=1S/C5H4N2O.ClH/c1-4-3-8-7-5(4)2-6-1;/h1-3,7H;1H. The molecular weight excluding hydrogens is 140 g/mol. The van der Waals surface area contributed by atoms with E-state index >= 15 is 0 Å². The first kappa shape index (κ1) is 6.16. The van der Waals surface area contributed by atoms with Gasteiger partial charge in [-0.25, -0.2) is 5.16 Å². The lowest BCUT2D eigenvalue weighted by Gasteiger charge is -1.71. The predicted molar refractivity (Wildman–Crippen MR) is 34.7 cm³/mol. The first-order valence-electron chi connectivity index (χ1n) is 2.32. The number of nitrogens with one attached hydrogen (secondary N) is 1. The van der Waals surface area contributed by atoms with Crippen molar-refractivity contribution >= 4 is 12.4 Å². The van der Waals surface area contributed by atoms with Crippen LogP contribution in [0, 0.1) is 0 Å². The van der Waals surface area contributed by atoms with Crippen LogP contribution in [0.15, 0.2) is 23.2 Å². The van der Waals surface area contributed by atoms with Gasteiger partial charge in [0, 0.05) is 6.20 Å². The van der Waals surface area contributed by atoms with E-state index < -0.39 is 0 Å². The number of nitrogens with zero attached hydrogens (tertiary/aromatic N) is 1. The highest BCUT2D eigenvalue weighted by Crippen LogP contribution is 2.16. The Morgan fingerprint density at radius 1 is 1.44 bits per heavy atom. The number of hydrogen-bond donors (Lipinski definition) is 1. The van der Waals surface area contributed by atoms with Gasteiger partial charge >= 0.3 is 0 Å². The fourth-order valence-electron chi connectivity index (χ4n) is 0.672. The molecule has 0 aliphatic carbocycles. The Morgan fingerprint density at radius 2 is 2.33 bits per heavy atom. The Hall–Kier alpha value is -0.960. The molecule has 0 saturated carbocycles. The first-order valence-corrected chi connectivity index (χ1v) is 2.32. The molecule has 48 valence electrons. The Balaban J connectivity index is 0.000000405. The first-order chi connectivity index (χ1) is 3.97. The van der Waals surface area contributed by atoms with E-state index in [2.05, 4.69) is 10.1 Å². The summed E-state index contributed by atoms with van der Waals surface area (Å²) < 4.78 is 4.74. The van der Waals surface area contributed by atoms with Gasteiger partial charge < -0.3 is 4.52 Å². The molecule has 3 nitrogen and oxygen atoms in total. The molecule has 2 rings (SSSR count). The second-order valence-corrected chi connectivity index (χ2v) is 1.61. The summed E-state index contributed by atoms with van der Waals surface area (Å²) in [4.78, 5) is 3.87. The Morgan fingerprint density at radius 3 is 3.11 bits per heavy atom. The van der Waals surface area contributed by atoms with E-state index in [1.54, 1.807) is 18.7 Å². The average Bonchev–Trinajstić information content (AvgIpc) is 2.15. The van der Waals surface area contributed by atoms with Crippen LogP contribution in [0.25, 0.3) is 11.3 Å². The van der Waals surface area contributed by atoms with Crippen molar-refractivity contribution in [2.75, 3.05) is 0 Å². The molecule has 0 unspecified atom stereocenters. The van der Waals surface area contributed by atoms with Crippen molar-refractivity contribution in [1.29, 1.82) is 0 Å². The van der Waals surface area contributed by atoms with E-state index in [-0.39, 0.29) is 12.4 Å². The summed E-state index contributed by atoms with van der Waals surface area (Å²) in [6.07, 6.45) is 5.09. The number of H-pyrrole nitrogens is 1. The summed E-state index contributed by atoms with van der Waals surface area (Å²) in [5, 5.41) is 2.66. The summed E-state index contributed by atoms with van der Waals surface area (Å²) in [5.41, 5.74) is 1.97. The lowest BCUT2D eigenvalue weighted by atomic mass is 10.3. The van der Waals surface area contributed by atoms with Gasteiger partial charge in [-0.05, 0) is 0 Å². The Kier molecular flexibility index (Phi) is 1.44. The molecular formula is C5H5ClN2O. The van der Waals surface area contributed by atoms with Crippen molar-refractivity contribution in [3.63, 3.8) is 0 Å². The summed E-state index contributed by atoms with van der Waals surface area (Å²) in [6.45, 7) is 0. The highest BCUT2D eigenvalue weighted by atomic mass is 35.5. The zero-order valence-electron chi connectivity index (χ0n) is 4.50. The van der Waals surface area contributed by atoms with Crippen molar-refractivity contribution in [1.82, 2.24) is 10.1 Å². The lowest BCUT2D eigenvalue weighted by molar-refractivity contribution is 0.424. The maximum absolute atomic E-state index is 4.74. The van der Waals surface area contributed by atoms with Crippen LogP contribution < -0.4 is 0 Å². The number of rotatable bonds is 0. The van der Waals surface area contributed by atoms with Gasteiger partial charge in [-0.3, -0.25) is 4.98 Å². The van der Waals surface area contributed by atoms with Gasteiger partial charge in [0.2, 0.25) is 0 Å². The summed E-state index contributed by atoms with van der Waals surface area (Å²) in [5.74, 6) is 0. The smallest absolute Gasteiger partial charge is 0.130 e. The third-order valence-corrected chi connectivity index (χ3v) is 1.08. The molecule has 0 radical (unpaired) electrons. The minimum absolute atomic E-state index is 0. The van der Waals surface area contributed by atoms with Crippen LogP contribution in [0.2, 0.25) is 0 Å². The minimum Gasteiger partial charge on any atom is -0.389 e.